The summed E-state index contributed by atoms with van der Waals surface area (Å²) in [4.78, 5) is 33.7. The number of benzene rings is 1. The number of ether oxygens (including phenoxy) is 1. The Balaban J connectivity index is 2.11. The molecule has 1 saturated carbocycles. The first-order valence-corrected chi connectivity index (χ1v) is 14.7. The minimum absolute atomic E-state index is 0.0632. The summed E-state index contributed by atoms with van der Waals surface area (Å²) >= 11 is 6.22. The van der Waals surface area contributed by atoms with Gasteiger partial charge in [-0.3, -0.25) is 9.79 Å². The molecule has 0 bridgehead atoms. The fourth-order valence-electron chi connectivity index (χ4n) is 6.09. The van der Waals surface area contributed by atoms with Crippen molar-refractivity contribution in [1.82, 2.24) is 4.90 Å². The molecule has 3 unspecified atom stereocenters. The van der Waals surface area contributed by atoms with Gasteiger partial charge in [0.25, 0.3) is 5.91 Å². The number of esters is 1. The molecule has 218 valence electrons. The molecule has 0 aromatic heterocycles. The van der Waals surface area contributed by atoms with E-state index in [1.807, 2.05) is 24.0 Å². The van der Waals surface area contributed by atoms with Crippen LogP contribution in [0.5, 0.6) is 0 Å². The second-order valence-corrected chi connectivity index (χ2v) is 13.1. The number of hydrogen-bond acceptors (Lipinski definition) is 5. The van der Waals surface area contributed by atoms with E-state index in [0.29, 0.717) is 35.1 Å². The van der Waals surface area contributed by atoms with Gasteiger partial charge >= 0.3 is 5.97 Å². The molecule has 1 aromatic rings. The highest BCUT2D eigenvalue weighted by atomic mass is 35.5. The maximum atomic E-state index is 14.4. The van der Waals surface area contributed by atoms with Gasteiger partial charge in [0.05, 0.1) is 23.7 Å². The first-order valence-electron chi connectivity index (χ1n) is 14.3. The Morgan fingerprint density at radius 1 is 1.23 bits per heavy atom. The average Bonchev–Trinajstić information content (AvgIpc) is 3.15. The molecule has 7 heteroatoms. The zero-order valence-electron chi connectivity index (χ0n) is 25.1. The molecule has 3 atom stereocenters. The zero-order valence-corrected chi connectivity index (χ0v) is 25.8. The van der Waals surface area contributed by atoms with Crippen molar-refractivity contribution in [2.24, 2.45) is 22.2 Å². The topological polar surface area (TPSA) is 79.2 Å². The average molecular weight is 569 g/mol. The van der Waals surface area contributed by atoms with E-state index in [-0.39, 0.29) is 28.2 Å². The van der Waals surface area contributed by atoms with Crippen LogP contribution in [0, 0.1) is 17.3 Å². The van der Waals surface area contributed by atoms with Crippen molar-refractivity contribution in [3.8, 4) is 0 Å². The molecular weight excluding hydrogens is 524 g/mol. The molecule has 1 fully saturated rings. The van der Waals surface area contributed by atoms with Crippen molar-refractivity contribution in [2.45, 2.75) is 91.8 Å². The Morgan fingerprint density at radius 3 is 2.35 bits per heavy atom. The molecule has 6 nitrogen and oxygen atoms in total. The lowest BCUT2D eigenvalue weighted by Crippen LogP contribution is -2.52. The van der Waals surface area contributed by atoms with Gasteiger partial charge in [-0.2, -0.15) is 0 Å². The highest BCUT2D eigenvalue weighted by Crippen LogP contribution is 2.49. The molecular formula is C33H45ClN2O4. The van der Waals surface area contributed by atoms with Gasteiger partial charge in [-0.05, 0) is 78.7 Å². The van der Waals surface area contributed by atoms with Crippen LogP contribution in [0.2, 0.25) is 0 Å². The van der Waals surface area contributed by atoms with E-state index in [4.69, 9.17) is 21.3 Å². The number of rotatable bonds is 9. The van der Waals surface area contributed by atoms with Gasteiger partial charge < -0.3 is 14.7 Å². The number of halogens is 1. The normalized spacial score (nSPS) is 24.8. The summed E-state index contributed by atoms with van der Waals surface area (Å²) in [5, 5.41) is 10.2. The molecule has 1 aliphatic carbocycles. The van der Waals surface area contributed by atoms with Gasteiger partial charge in [0.2, 0.25) is 0 Å². The molecule has 3 rings (SSSR count). The Kier molecular flexibility index (Phi) is 10.1. The van der Waals surface area contributed by atoms with E-state index in [1.54, 1.807) is 24.3 Å². The third kappa shape index (κ3) is 7.25. The lowest BCUT2D eigenvalue weighted by Gasteiger charge is -2.47. The Morgan fingerprint density at radius 2 is 1.82 bits per heavy atom. The van der Waals surface area contributed by atoms with Crippen LogP contribution in [0.1, 0.15) is 102 Å². The van der Waals surface area contributed by atoms with Crippen molar-refractivity contribution in [2.75, 3.05) is 7.11 Å². The Labute approximate surface area is 244 Å². The van der Waals surface area contributed by atoms with Gasteiger partial charge in [0.15, 0.2) is 0 Å². The zero-order chi connectivity index (χ0) is 29.8. The van der Waals surface area contributed by atoms with Gasteiger partial charge in [-0.1, -0.05) is 77.9 Å². The van der Waals surface area contributed by atoms with Crippen LogP contribution in [-0.4, -0.2) is 40.4 Å². The van der Waals surface area contributed by atoms with Crippen molar-refractivity contribution >= 4 is 29.2 Å². The molecule has 1 heterocycles. The minimum Gasteiger partial charge on any atom is -0.511 e. The summed E-state index contributed by atoms with van der Waals surface area (Å²) in [6.45, 7) is 17.1. The SMILES string of the molecule is C=C(/C=C\C(Cl)=C(\O)CC)C1=NC2(CC(C)CC(C)C2)N(C(CCC(C)(C)C)c2ccc(C(=O)OC)cc2)C1=O. The smallest absolute Gasteiger partial charge is 0.337 e. The van der Waals surface area contributed by atoms with Crippen LogP contribution in [0.15, 0.2) is 64.4 Å². The first-order chi connectivity index (χ1) is 18.7. The van der Waals surface area contributed by atoms with Crippen molar-refractivity contribution in [1.29, 1.82) is 0 Å². The number of carbonyl (C=O) groups excluding carboxylic acids is 2. The minimum atomic E-state index is -0.685. The Bertz CT molecular complexity index is 1200. The summed E-state index contributed by atoms with van der Waals surface area (Å²) in [6, 6.07) is 7.16. The predicted molar refractivity (Wildman–Crippen MR) is 162 cm³/mol. The number of hydrogen-bond donors (Lipinski definition) is 1. The summed E-state index contributed by atoms with van der Waals surface area (Å²) < 4.78 is 4.90. The number of allylic oxidation sites excluding steroid dienone is 4. The van der Waals surface area contributed by atoms with E-state index in [9.17, 15) is 14.7 Å². The number of methoxy groups -OCH3 is 1. The third-order valence-electron chi connectivity index (χ3n) is 7.89. The van der Waals surface area contributed by atoms with E-state index >= 15 is 0 Å². The second-order valence-electron chi connectivity index (χ2n) is 12.7. The first kappa shape index (κ1) is 31.7. The number of amides is 1. The van der Waals surface area contributed by atoms with E-state index in [0.717, 1.165) is 37.7 Å². The maximum Gasteiger partial charge on any atom is 0.337 e. The highest BCUT2D eigenvalue weighted by Gasteiger charge is 2.53. The molecule has 2 aliphatic rings. The van der Waals surface area contributed by atoms with Crippen LogP contribution in [0.4, 0.5) is 0 Å². The van der Waals surface area contributed by atoms with Gasteiger partial charge in [0.1, 0.15) is 17.1 Å². The number of aliphatic hydroxyl groups excluding tert-OH is 1. The largest absolute Gasteiger partial charge is 0.511 e. The molecule has 1 aromatic carbocycles. The van der Waals surface area contributed by atoms with E-state index in [2.05, 4.69) is 41.2 Å². The van der Waals surface area contributed by atoms with Gasteiger partial charge in [0, 0.05) is 6.42 Å². The van der Waals surface area contributed by atoms with Crippen LogP contribution in [0.25, 0.3) is 0 Å². The molecule has 1 N–H and O–H groups in total. The van der Waals surface area contributed by atoms with Gasteiger partial charge in [-0.25, -0.2) is 4.79 Å². The maximum absolute atomic E-state index is 14.4. The summed E-state index contributed by atoms with van der Waals surface area (Å²) in [5.74, 6) is 0.337. The molecule has 0 saturated heterocycles. The lowest BCUT2D eigenvalue weighted by atomic mass is 9.75. The van der Waals surface area contributed by atoms with Gasteiger partial charge in [-0.15, -0.1) is 0 Å². The number of carbonyl (C=O) groups is 2. The fraction of sp³-hybridized carbons (Fsp3) is 0.545. The molecule has 0 radical (unpaired) electrons. The molecule has 1 aliphatic heterocycles. The number of nitrogens with zero attached hydrogens (tertiary/aromatic N) is 2. The summed E-state index contributed by atoms with van der Waals surface area (Å²) in [6.07, 6.45) is 7.92. The van der Waals surface area contributed by atoms with Crippen molar-refractivity contribution in [3.63, 3.8) is 0 Å². The quantitative estimate of drug-likeness (QED) is 0.184. The van der Waals surface area contributed by atoms with Crippen LogP contribution < -0.4 is 0 Å². The van der Waals surface area contributed by atoms with Crippen LogP contribution in [0.3, 0.4) is 0 Å². The fourth-order valence-corrected chi connectivity index (χ4v) is 6.28. The number of aliphatic hydroxyl groups is 1. The summed E-state index contributed by atoms with van der Waals surface area (Å²) in [7, 11) is 1.37. The highest BCUT2D eigenvalue weighted by molar-refractivity contribution is 6.47. The number of aliphatic imine (C=N–C) groups is 1. The standard InChI is InChI=1S/C33H45ClN2O4/c1-9-28(37)26(34)15-10-23(4)29-30(38)36(33(35-29)19-21(2)18-22(3)20-33)27(16-17-32(5,6)7)24-11-13-25(14-12-24)31(39)40-8/h10-15,21-22,27,37H,4,9,16-20H2,1-3,5-8H3/b15-10-,28-26-. The summed E-state index contributed by atoms with van der Waals surface area (Å²) in [5.41, 5.74) is 1.62. The Hall–Kier alpha value is -2.86. The molecule has 1 amide bonds. The molecule has 1 spiro atoms. The van der Waals surface area contributed by atoms with E-state index < -0.39 is 11.6 Å². The van der Waals surface area contributed by atoms with E-state index in [1.165, 1.54) is 7.11 Å². The monoisotopic (exact) mass is 568 g/mol. The van der Waals surface area contributed by atoms with Crippen molar-refractivity contribution < 1.29 is 19.4 Å². The lowest BCUT2D eigenvalue weighted by molar-refractivity contribution is -0.134. The van der Waals surface area contributed by atoms with Crippen molar-refractivity contribution in [3.05, 3.63) is 70.5 Å². The molecule has 40 heavy (non-hydrogen) atoms. The van der Waals surface area contributed by atoms with Crippen LogP contribution >= 0.6 is 11.6 Å². The van der Waals surface area contributed by atoms with Crippen LogP contribution in [-0.2, 0) is 9.53 Å². The second kappa shape index (κ2) is 12.8. The predicted octanol–water partition coefficient (Wildman–Crippen LogP) is 8.31. The third-order valence-corrected chi connectivity index (χ3v) is 8.23.